The summed E-state index contributed by atoms with van der Waals surface area (Å²) in [5.74, 6) is 0.640. The molecule has 0 unspecified atom stereocenters. The minimum Gasteiger partial charge on any atom is -0.478 e. The van der Waals surface area contributed by atoms with Crippen LogP contribution in [0.15, 0.2) is 42.5 Å². The van der Waals surface area contributed by atoms with E-state index >= 15 is 0 Å². The van der Waals surface area contributed by atoms with Gasteiger partial charge < -0.3 is 15.8 Å². The van der Waals surface area contributed by atoms with Gasteiger partial charge in [0.25, 0.3) is 5.91 Å². The van der Waals surface area contributed by atoms with Gasteiger partial charge in [0.2, 0.25) is 0 Å². The molecule has 1 aliphatic heterocycles. The Morgan fingerprint density at radius 3 is 2.47 bits per heavy atom. The van der Waals surface area contributed by atoms with Crippen molar-refractivity contribution in [1.29, 1.82) is 0 Å². The number of nitrogens with zero attached hydrogens (tertiary/aromatic N) is 1. The van der Waals surface area contributed by atoms with E-state index in [0.29, 0.717) is 0 Å². The van der Waals surface area contributed by atoms with E-state index in [0.717, 1.165) is 60.6 Å². The number of likely N-dealkylation sites (tertiary alicyclic amines) is 1. The standard InChI is InChI=1S/C27H37N3O2/c1-19-18-24(20(2)21(3)25(19)28)32-27(4,5)26(31)29-23-13-16-30(17-14-23)15-9-12-22-10-7-6-8-11-22/h6-12,18,23H,13-17,28H2,1-5H3,(H,29,31). The summed E-state index contributed by atoms with van der Waals surface area (Å²) in [6.07, 6.45) is 6.26. The molecule has 5 nitrogen and oxygen atoms in total. The van der Waals surface area contributed by atoms with Crippen LogP contribution in [0, 0.1) is 20.8 Å². The third-order valence-electron chi connectivity index (χ3n) is 6.42. The number of hydrogen-bond donors (Lipinski definition) is 2. The lowest BCUT2D eigenvalue weighted by molar-refractivity contribution is -0.135. The number of nitrogens with two attached hydrogens (primary N) is 1. The zero-order valence-electron chi connectivity index (χ0n) is 20.1. The van der Waals surface area contributed by atoms with Crippen LogP contribution in [0.1, 0.15) is 48.9 Å². The fourth-order valence-electron chi connectivity index (χ4n) is 4.01. The van der Waals surface area contributed by atoms with Gasteiger partial charge in [0.15, 0.2) is 5.60 Å². The van der Waals surface area contributed by atoms with E-state index in [2.05, 4.69) is 46.6 Å². The molecule has 3 rings (SSSR count). The molecule has 2 aromatic carbocycles. The highest BCUT2D eigenvalue weighted by Crippen LogP contribution is 2.31. The molecule has 5 heteroatoms. The molecule has 1 fully saturated rings. The molecule has 172 valence electrons. The monoisotopic (exact) mass is 435 g/mol. The molecule has 0 aromatic heterocycles. The number of nitrogen functional groups attached to an aromatic ring is 1. The molecule has 1 saturated heterocycles. The number of hydrogen-bond acceptors (Lipinski definition) is 4. The molecular weight excluding hydrogens is 398 g/mol. The summed E-state index contributed by atoms with van der Waals surface area (Å²) < 4.78 is 6.18. The second-order valence-electron chi connectivity index (χ2n) is 9.33. The highest BCUT2D eigenvalue weighted by molar-refractivity contribution is 5.85. The summed E-state index contributed by atoms with van der Waals surface area (Å²) in [7, 11) is 0. The molecule has 1 amide bonds. The molecule has 0 saturated carbocycles. The van der Waals surface area contributed by atoms with Crippen molar-refractivity contribution in [2.45, 2.75) is 59.1 Å². The van der Waals surface area contributed by atoms with E-state index in [1.54, 1.807) is 0 Å². The number of anilines is 1. The summed E-state index contributed by atoms with van der Waals surface area (Å²) in [5, 5.41) is 3.21. The lowest BCUT2D eigenvalue weighted by atomic mass is 10.0. The molecule has 0 bridgehead atoms. The quantitative estimate of drug-likeness (QED) is 0.622. The first-order chi connectivity index (χ1) is 15.2. The third kappa shape index (κ3) is 5.92. The van der Waals surface area contributed by atoms with Crippen LogP contribution in [0.25, 0.3) is 6.08 Å². The first-order valence-corrected chi connectivity index (χ1v) is 11.5. The molecule has 1 heterocycles. The first-order valence-electron chi connectivity index (χ1n) is 11.5. The van der Waals surface area contributed by atoms with Gasteiger partial charge in [-0.05, 0) is 75.8 Å². The van der Waals surface area contributed by atoms with Gasteiger partial charge >= 0.3 is 0 Å². The van der Waals surface area contributed by atoms with Crippen LogP contribution in [-0.4, -0.2) is 42.1 Å². The number of benzene rings is 2. The summed E-state index contributed by atoms with van der Waals surface area (Å²) in [6.45, 7) is 12.5. The normalized spacial score (nSPS) is 15.8. The van der Waals surface area contributed by atoms with E-state index in [9.17, 15) is 4.79 Å². The van der Waals surface area contributed by atoms with Crippen LogP contribution in [0.2, 0.25) is 0 Å². The number of aryl methyl sites for hydroxylation is 1. The average Bonchev–Trinajstić information content (AvgIpc) is 2.77. The minimum atomic E-state index is -0.963. The molecular formula is C27H37N3O2. The topological polar surface area (TPSA) is 67.6 Å². The van der Waals surface area contributed by atoms with Gasteiger partial charge in [0.1, 0.15) is 5.75 Å². The Hall–Kier alpha value is -2.79. The number of carbonyl (C=O) groups is 1. The van der Waals surface area contributed by atoms with Crippen LogP contribution in [0.5, 0.6) is 5.75 Å². The minimum absolute atomic E-state index is 0.0774. The third-order valence-corrected chi connectivity index (χ3v) is 6.42. The van der Waals surface area contributed by atoms with Crippen LogP contribution < -0.4 is 15.8 Å². The molecule has 0 spiro atoms. The van der Waals surface area contributed by atoms with Gasteiger partial charge in [-0.3, -0.25) is 9.69 Å². The SMILES string of the molecule is Cc1cc(OC(C)(C)C(=O)NC2CCN(CC=Cc3ccccc3)CC2)c(C)c(C)c1N. The van der Waals surface area contributed by atoms with Crippen LogP contribution in [-0.2, 0) is 4.79 Å². The van der Waals surface area contributed by atoms with E-state index in [1.807, 2.05) is 46.8 Å². The smallest absolute Gasteiger partial charge is 0.263 e. The van der Waals surface area contributed by atoms with Gasteiger partial charge in [-0.15, -0.1) is 0 Å². The van der Waals surface area contributed by atoms with Crippen molar-refractivity contribution >= 4 is 17.7 Å². The maximum Gasteiger partial charge on any atom is 0.263 e. The van der Waals surface area contributed by atoms with Gasteiger partial charge in [-0.1, -0.05) is 42.5 Å². The molecule has 0 radical (unpaired) electrons. The average molecular weight is 436 g/mol. The van der Waals surface area contributed by atoms with E-state index in [-0.39, 0.29) is 11.9 Å². The first kappa shape index (κ1) is 23.9. The molecule has 3 N–H and O–H groups in total. The largest absolute Gasteiger partial charge is 0.478 e. The van der Waals surface area contributed by atoms with E-state index in [4.69, 9.17) is 10.5 Å². The Labute approximate surface area is 192 Å². The van der Waals surface area contributed by atoms with Crippen molar-refractivity contribution in [3.63, 3.8) is 0 Å². The second kappa shape index (κ2) is 10.2. The Morgan fingerprint density at radius 1 is 1.16 bits per heavy atom. The van der Waals surface area contributed by atoms with Gasteiger partial charge in [0.05, 0.1) is 0 Å². The van der Waals surface area contributed by atoms with Crippen molar-refractivity contribution < 1.29 is 9.53 Å². The summed E-state index contributed by atoms with van der Waals surface area (Å²) in [4.78, 5) is 15.4. The highest BCUT2D eigenvalue weighted by Gasteiger charge is 2.33. The highest BCUT2D eigenvalue weighted by atomic mass is 16.5. The Kier molecular flexibility index (Phi) is 7.62. The molecule has 0 aliphatic carbocycles. The Morgan fingerprint density at radius 2 is 1.81 bits per heavy atom. The number of piperidine rings is 1. The number of nitrogens with one attached hydrogen (secondary N) is 1. The van der Waals surface area contributed by atoms with E-state index < -0.39 is 5.60 Å². The maximum absolute atomic E-state index is 13.0. The van der Waals surface area contributed by atoms with Crippen molar-refractivity contribution in [2.24, 2.45) is 0 Å². The molecule has 2 aromatic rings. The predicted molar refractivity (Wildman–Crippen MR) is 133 cm³/mol. The summed E-state index contributed by atoms with van der Waals surface area (Å²) in [5.41, 5.74) is 10.1. The lowest BCUT2D eigenvalue weighted by Gasteiger charge is -2.34. The molecule has 0 atom stereocenters. The zero-order valence-corrected chi connectivity index (χ0v) is 20.1. The zero-order chi connectivity index (χ0) is 23.3. The number of ether oxygens (including phenoxy) is 1. The van der Waals surface area contributed by atoms with Gasteiger partial charge in [0, 0.05) is 31.4 Å². The van der Waals surface area contributed by atoms with E-state index in [1.165, 1.54) is 5.56 Å². The lowest BCUT2D eigenvalue weighted by Crippen LogP contribution is -2.52. The number of amides is 1. The Bertz CT molecular complexity index is 959. The summed E-state index contributed by atoms with van der Waals surface area (Å²) in [6, 6.07) is 12.4. The molecule has 1 aliphatic rings. The van der Waals surface area contributed by atoms with Crippen molar-refractivity contribution in [2.75, 3.05) is 25.4 Å². The van der Waals surface area contributed by atoms with Crippen LogP contribution in [0.3, 0.4) is 0 Å². The predicted octanol–water partition coefficient (Wildman–Crippen LogP) is 4.65. The summed E-state index contributed by atoms with van der Waals surface area (Å²) >= 11 is 0. The number of rotatable bonds is 7. The Balaban J connectivity index is 1.50. The fourth-order valence-corrected chi connectivity index (χ4v) is 4.01. The maximum atomic E-state index is 13.0. The van der Waals surface area contributed by atoms with Gasteiger partial charge in [-0.2, -0.15) is 0 Å². The van der Waals surface area contributed by atoms with Crippen LogP contribution in [0.4, 0.5) is 5.69 Å². The van der Waals surface area contributed by atoms with Gasteiger partial charge in [-0.25, -0.2) is 0 Å². The molecule has 32 heavy (non-hydrogen) atoms. The fraction of sp³-hybridized carbons (Fsp3) is 0.444. The van der Waals surface area contributed by atoms with Crippen molar-refractivity contribution in [1.82, 2.24) is 10.2 Å². The van der Waals surface area contributed by atoms with Crippen molar-refractivity contribution in [3.8, 4) is 5.75 Å². The number of carbonyl (C=O) groups excluding carboxylic acids is 1. The van der Waals surface area contributed by atoms with Crippen molar-refractivity contribution in [3.05, 3.63) is 64.7 Å². The second-order valence-corrected chi connectivity index (χ2v) is 9.33. The van der Waals surface area contributed by atoms with Crippen LogP contribution >= 0.6 is 0 Å².